The predicted octanol–water partition coefficient (Wildman–Crippen LogP) is -1.60. The van der Waals surface area contributed by atoms with Crippen molar-refractivity contribution in [1.29, 1.82) is 0 Å². The summed E-state index contributed by atoms with van der Waals surface area (Å²) >= 11 is 0. The van der Waals surface area contributed by atoms with Crippen molar-refractivity contribution in [3.05, 3.63) is 0 Å². The molecule has 0 saturated carbocycles. The molecule has 7 heteroatoms. The van der Waals surface area contributed by atoms with Crippen molar-refractivity contribution in [3.63, 3.8) is 0 Å². The second kappa shape index (κ2) is 10.4. The fourth-order valence-electron chi connectivity index (χ4n) is 2.38. The van der Waals surface area contributed by atoms with E-state index in [-0.39, 0.29) is 0 Å². The van der Waals surface area contributed by atoms with Gasteiger partial charge < -0.3 is 26.2 Å². The zero-order chi connectivity index (χ0) is 16.6. The van der Waals surface area contributed by atoms with Gasteiger partial charge >= 0.3 is 0 Å². The minimum Gasteiger partial charge on any atom is -0.392 e. The summed E-state index contributed by atoms with van der Waals surface area (Å²) in [6.45, 7) is 8.71. The van der Waals surface area contributed by atoms with Gasteiger partial charge in [-0.3, -0.25) is 9.80 Å². The lowest BCUT2D eigenvalue weighted by Gasteiger charge is -2.35. The number of nitrogens with zero attached hydrogens (tertiary/aromatic N) is 2. The number of rotatable bonds is 11. The normalized spacial score (nSPS) is 19.6. The second-order valence-electron chi connectivity index (χ2n) is 6.14. The summed E-state index contributed by atoms with van der Waals surface area (Å²) in [5, 5.41) is 38.1. The van der Waals surface area contributed by atoms with Crippen molar-refractivity contribution >= 4 is 0 Å². The molecule has 0 aliphatic rings. The first kappa shape index (κ1) is 20.7. The van der Waals surface area contributed by atoms with Crippen LogP contribution in [0, 0.1) is 0 Å². The van der Waals surface area contributed by atoms with Crippen LogP contribution in [0.25, 0.3) is 0 Å². The van der Waals surface area contributed by atoms with Gasteiger partial charge in [0.25, 0.3) is 0 Å². The molecular formula is C14H33N3O4. The third-order valence-corrected chi connectivity index (χ3v) is 2.96. The highest BCUT2D eigenvalue weighted by atomic mass is 16.3. The molecule has 0 aliphatic heterocycles. The Kier molecular flexibility index (Phi) is 10.3. The van der Waals surface area contributed by atoms with E-state index < -0.39 is 30.6 Å². The Labute approximate surface area is 128 Å². The Morgan fingerprint density at radius 2 is 1.00 bits per heavy atom. The largest absolute Gasteiger partial charge is 0.392 e. The van der Waals surface area contributed by atoms with Crippen LogP contribution in [-0.4, -0.2) is 93.5 Å². The summed E-state index contributed by atoms with van der Waals surface area (Å²) < 4.78 is 0. The van der Waals surface area contributed by atoms with Crippen LogP contribution in [0.5, 0.6) is 0 Å². The van der Waals surface area contributed by atoms with Crippen LogP contribution >= 0.6 is 0 Å². The molecule has 0 rings (SSSR count). The number of aliphatic hydroxyl groups excluding tert-OH is 4. The molecule has 0 fully saturated rings. The van der Waals surface area contributed by atoms with Crippen molar-refractivity contribution in [2.45, 2.75) is 58.3 Å². The van der Waals surface area contributed by atoms with Crippen LogP contribution in [0.4, 0.5) is 0 Å². The van der Waals surface area contributed by atoms with Gasteiger partial charge in [0.05, 0.1) is 30.6 Å². The quantitative estimate of drug-likeness (QED) is 0.292. The molecule has 5 atom stereocenters. The summed E-state index contributed by atoms with van der Waals surface area (Å²) in [5.74, 6) is 0. The highest BCUT2D eigenvalue weighted by Gasteiger charge is 2.22. The first-order valence-corrected chi connectivity index (χ1v) is 7.56. The molecule has 0 amide bonds. The predicted molar refractivity (Wildman–Crippen MR) is 82.7 cm³/mol. The van der Waals surface area contributed by atoms with Gasteiger partial charge in [0.2, 0.25) is 0 Å². The zero-order valence-corrected chi connectivity index (χ0v) is 13.7. The summed E-state index contributed by atoms with van der Waals surface area (Å²) in [5.41, 5.74) is 6.17. The maximum absolute atomic E-state index is 9.54. The SMILES string of the molecule is CC(O)CN(CC(C)O)CC(N)N(CC(C)O)CC(C)O. The monoisotopic (exact) mass is 307 g/mol. The van der Waals surface area contributed by atoms with E-state index in [1.165, 1.54) is 0 Å². The molecule has 0 aromatic heterocycles. The van der Waals surface area contributed by atoms with Gasteiger partial charge in [0, 0.05) is 32.7 Å². The Morgan fingerprint density at radius 1 is 0.667 bits per heavy atom. The highest BCUT2D eigenvalue weighted by Crippen LogP contribution is 2.04. The summed E-state index contributed by atoms with van der Waals surface area (Å²) in [4.78, 5) is 3.70. The number of aliphatic hydroxyl groups is 4. The number of nitrogens with two attached hydrogens (primary N) is 1. The molecule has 7 nitrogen and oxygen atoms in total. The van der Waals surface area contributed by atoms with Crippen LogP contribution in [0.15, 0.2) is 0 Å². The number of hydrogen-bond acceptors (Lipinski definition) is 7. The summed E-state index contributed by atoms with van der Waals surface area (Å²) in [6, 6.07) is 0. The lowest BCUT2D eigenvalue weighted by molar-refractivity contribution is 0.0276. The summed E-state index contributed by atoms with van der Waals surface area (Å²) in [7, 11) is 0. The first-order valence-electron chi connectivity index (χ1n) is 7.56. The van der Waals surface area contributed by atoms with E-state index in [0.29, 0.717) is 32.7 Å². The number of hydrogen-bond donors (Lipinski definition) is 5. The van der Waals surface area contributed by atoms with Crippen molar-refractivity contribution in [3.8, 4) is 0 Å². The third-order valence-electron chi connectivity index (χ3n) is 2.96. The van der Waals surface area contributed by atoms with Gasteiger partial charge in [-0.25, -0.2) is 0 Å². The Hall–Kier alpha value is -0.280. The average Bonchev–Trinajstić information content (AvgIpc) is 2.24. The lowest BCUT2D eigenvalue weighted by Crippen LogP contribution is -2.54. The fourth-order valence-corrected chi connectivity index (χ4v) is 2.38. The zero-order valence-electron chi connectivity index (χ0n) is 13.7. The van der Waals surface area contributed by atoms with Gasteiger partial charge in [-0.05, 0) is 27.7 Å². The highest BCUT2D eigenvalue weighted by molar-refractivity contribution is 4.76. The van der Waals surface area contributed by atoms with Crippen molar-refractivity contribution in [2.24, 2.45) is 5.73 Å². The van der Waals surface area contributed by atoms with E-state index in [1.807, 2.05) is 9.80 Å². The van der Waals surface area contributed by atoms with Crippen LogP contribution in [0.3, 0.4) is 0 Å². The molecule has 0 bridgehead atoms. The lowest BCUT2D eigenvalue weighted by atomic mass is 10.2. The van der Waals surface area contributed by atoms with Crippen molar-refractivity contribution < 1.29 is 20.4 Å². The molecule has 21 heavy (non-hydrogen) atoms. The minimum atomic E-state index is -0.545. The molecular weight excluding hydrogens is 274 g/mol. The molecule has 6 N–H and O–H groups in total. The Morgan fingerprint density at radius 3 is 1.29 bits per heavy atom. The molecule has 0 aliphatic carbocycles. The van der Waals surface area contributed by atoms with E-state index in [2.05, 4.69) is 0 Å². The minimum absolute atomic E-state index is 0.364. The molecule has 0 spiro atoms. The fraction of sp³-hybridized carbons (Fsp3) is 1.00. The van der Waals surface area contributed by atoms with Crippen LogP contribution in [0.1, 0.15) is 27.7 Å². The molecule has 0 saturated heterocycles. The Balaban J connectivity index is 4.66. The third kappa shape index (κ3) is 11.0. The standard InChI is InChI=1S/C14H33N3O4/c1-10(18)5-16(6-11(2)19)9-14(15)17(7-12(3)20)8-13(4)21/h10-14,18-21H,5-9,15H2,1-4H3. The molecule has 0 aromatic carbocycles. The van der Waals surface area contributed by atoms with Crippen LogP contribution < -0.4 is 5.73 Å². The van der Waals surface area contributed by atoms with E-state index in [1.54, 1.807) is 27.7 Å². The van der Waals surface area contributed by atoms with Crippen molar-refractivity contribution in [1.82, 2.24) is 9.80 Å². The molecule has 128 valence electrons. The van der Waals surface area contributed by atoms with Crippen LogP contribution in [0.2, 0.25) is 0 Å². The smallest absolute Gasteiger partial charge is 0.0704 e. The van der Waals surface area contributed by atoms with Gasteiger partial charge in [-0.2, -0.15) is 0 Å². The summed E-state index contributed by atoms with van der Waals surface area (Å²) in [6.07, 6.45) is -2.52. The van der Waals surface area contributed by atoms with Crippen LogP contribution in [-0.2, 0) is 0 Å². The van der Waals surface area contributed by atoms with Crippen molar-refractivity contribution in [2.75, 3.05) is 32.7 Å². The van der Waals surface area contributed by atoms with Gasteiger partial charge in [0.15, 0.2) is 0 Å². The maximum Gasteiger partial charge on any atom is 0.0704 e. The van der Waals surface area contributed by atoms with E-state index in [4.69, 9.17) is 5.73 Å². The molecule has 5 unspecified atom stereocenters. The van der Waals surface area contributed by atoms with Gasteiger partial charge in [-0.15, -0.1) is 0 Å². The molecule has 0 aromatic rings. The average molecular weight is 307 g/mol. The maximum atomic E-state index is 9.54. The molecule has 0 heterocycles. The van der Waals surface area contributed by atoms with E-state index >= 15 is 0 Å². The topological polar surface area (TPSA) is 113 Å². The van der Waals surface area contributed by atoms with E-state index in [0.717, 1.165) is 0 Å². The molecule has 0 radical (unpaired) electrons. The second-order valence-corrected chi connectivity index (χ2v) is 6.14. The van der Waals surface area contributed by atoms with Gasteiger partial charge in [0.1, 0.15) is 0 Å². The Bertz CT molecular complexity index is 243. The van der Waals surface area contributed by atoms with Gasteiger partial charge in [-0.1, -0.05) is 0 Å². The first-order chi connectivity index (χ1) is 9.61. The van der Waals surface area contributed by atoms with E-state index in [9.17, 15) is 20.4 Å².